The molecule has 20 heavy (non-hydrogen) atoms. The maximum absolute atomic E-state index is 13.2. The van der Waals surface area contributed by atoms with E-state index in [2.05, 4.69) is 10.6 Å². The lowest BCUT2D eigenvalue weighted by Crippen LogP contribution is -2.36. The molecule has 3 N–H and O–H groups in total. The van der Waals surface area contributed by atoms with Crippen LogP contribution in [0.1, 0.15) is 17.3 Å². The van der Waals surface area contributed by atoms with Crippen LogP contribution in [0, 0.1) is 11.6 Å². The van der Waals surface area contributed by atoms with Gasteiger partial charge in [0, 0.05) is 24.7 Å². The van der Waals surface area contributed by atoms with Crippen molar-refractivity contribution in [1.82, 2.24) is 5.32 Å². The molecule has 106 valence electrons. The Morgan fingerprint density at radius 2 is 1.85 bits per heavy atom. The van der Waals surface area contributed by atoms with Gasteiger partial charge >= 0.3 is 5.97 Å². The molecular weight excluding hydrogens is 270 g/mol. The highest BCUT2D eigenvalue weighted by molar-refractivity contribution is 6.07. The third kappa shape index (κ3) is 2.67. The largest absolute Gasteiger partial charge is 0.478 e. The van der Waals surface area contributed by atoms with E-state index >= 15 is 0 Å². The second-order valence-electron chi connectivity index (χ2n) is 4.40. The highest BCUT2D eigenvalue weighted by atomic mass is 19.2. The predicted molar refractivity (Wildman–Crippen MR) is 67.5 cm³/mol. The zero-order chi connectivity index (χ0) is 14.9. The van der Waals surface area contributed by atoms with Crippen LogP contribution < -0.4 is 10.6 Å². The standard InChI is InChI=1S/C13H12F2N2O3/c1-6(7-4-16-5-7)12(18)17-11-3-10(15)9(14)2-8(11)13(19)20/h2-3,16H,4-5H2,1H3,(H,17,18)(H,19,20). The second kappa shape index (κ2) is 5.38. The van der Waals surface area contributed by atoms with Crippen molar-refractivity contribution in [1.29, 1.82) is 0 Å². The number of nitrogens with one attached hydrogen (secondary N) is 2. The Morgan fingerprint density at radius 3 is 2.35 bits per heavy atom. The van der Waals surface area contributed by atoms with Gasteiger partial charge in [-0.3, -0.25) is 4.79 Å². The summed E-state index contributed by atoms with van der Waals surface area (Å²) in [5, 5.41) is 14.2. The van der Waals surface area contributed by atoms with Crippen molar-refractivity contribution >= 4 is 17.6 Å². The Kier molecular flexibility index (Phi) is 3.80. The van der Waals surface area contributed by atoms with Crippen molar-refractivity contribution in [2.45, 2.75) is 6.92 Å². The van der Waals surface area contributed by atoms with Gasteiger partial charge in [0.1, 0.15) is 0 Å². The summed E-state index contributed by atoms with van der Waals surface area (Å²) in [7, 11) is 0. The van der Waals surface area contributed by atoms with Crippen molar-refractivity contribution < 1.29 is 23.5 Å². The van der Waals surface area contributed by atoms with E-state index in [0.29, 0.717) is 30.8 Å². The van der Waals surface area contributed by atoms with Crippen molar-refractivity contribution in [3.63, 3.8) is 0 Å². The van der Waals surface area contributed by atoms with Crippen LogP contribution in [0.25, 0.3) is 0 Å². The number of hydrogen-bond acceptors (Lipinski definition) is 3. The Morgan fingerprint density at radius 1 is 1.25 bits per heavy atom. The molecule has 1 heterocycles. The van der Waals surface area contributed by atoms with Gasteiger partial charge in [-0.25, -0.2) is 13.6 Å². The first kappa shape index (κ1) is 14.1. The molecule has 0 radical (unpaired) electrons. The van der Waals surface area contributed by atoms with Crippen LogP contribution >= 0.6 is 0 Å². The number of rotatable bonds is 3. The van der Waals surface area contributed by atoms with Crippen LogP contribution in [-0.4, -0.2) is 30.1 Å². The fourth-order valence-corrected chi connectivity index (χ4v) is 1.72. The van der Waals surface area contributed by atoms with Crippen LogP contribution in [0.4, 0.5) is 14.5 Å². The lowest BCUT2D eigenvalue weighted by Gasteiger charge is -2.21. The van der Waals surface area contributed by atoms with E-state index in [0.717, 1.165) is 5.57 Å². The maximum atomic E-state index is 13.2. The van der Waals surface area contributed by atoms with Crippen molar-refractivity contribution in [2.75, 3.05) is 18.4 Å². The number of anilines is 1. The predicted octanol–water partition coefficient (Wildman–Crippen LogP) is 1.52. The molecule has 0 atom stereocenters. The van der Waals surface area contributed by atoms with Crippen molar-refractivity contribution in [3.05, 3.63) is 40.5 Å². The number of carbonyl (C=O) groups is 2. The molecular formula is C13H12F2N2O3. The first-order valence-corrected chi connectivity index (χ1v) is 5.83. The molecule has 0 unspecified atom stereocenters. The Bertz CT molecular complexity index is 620. The molecule has 0 aromatic heterocycles. The molecule has 2 rings (SSSR count). The highest BCUT2D eigenvalue weighted by Gasteiger charge is 2.20. The Hall–Kier alpha value is -2.28. The van der Waals surface area contributed by atoms with Gasteiger partial charge in [0.15, 0.2) is 11.6 Å². The van der Waals surface area contributed by atoms with Gasteiger partial charge in [0.2, 0.25) is 0 Å². The monoisotopic (exact) mass is 282 g/mol. The number of benzene rings is 1. The minimum absolute atomic E-state index is 0.270. The van der Waals surface area contributed by atoms with E-state index in [-0.39, 0.29) is 5.69 Å². The number of carboxylic acid groups (broad SMARTS) is 1. The summed E-state index contributed by atoms with van der Waals surface area (Å²) >= 11 is 0. The third-order valence-corrected chi connectivity index (χ3v) is 3.09. The van der Waals surface area contributed by atoms with Crippen LogP contribution in [0.5, 0.6) is 0 Å². The molecule has 1 aliphatic rings. The topological polar surface area (TPSA) is 78.4 Å². The number of aromatic carboxylic acids is 1. The number of amides is 1. The van der Waals surface area contributed by atoms with Gasteiger partial charge in [0.25, 0.3) is 5.91 Å². The van der Waals surface area contributed by atoms with E-state index in [1.54, 1.807) is 6.92 Å². The fraction of sp³-hybridized carbons (Fsp3) is 0.231. The Labute approximate surface area is 113 Å². The summed E-state index contributed by atoms with van der Waals surface area (Å²) in [6.45, 7) is 2.76. The number of hydrogen-bond donors (Lipinski definition) is 3. The SMILES string of the molecule is CC(C(=O)Nc1cc(F)c(F)cc1C(=O)O)=C1CNC1. The molecule has 7 heteroatoms. The maximum Gasteiger partial charge on any atom is 0.337 e. The number of carboxylic acids is 1. The van der Waals surface area contributed by atoms with Gasteiger partial charge in [0.05, 0.1) is 11.3 Å². The highest BCUT2D eigenvalue weighted by Crippen LogP contribution is 2.21. The smallest absolute Gasteiger partial charge is 0.337 e. The van der Waals surface area contributed by atoms with Crippen molar-refractivity contribution in [3.8, 4) is 0 Å². The Balaban J connectivity index is 2.31. The summed E-state index contributed by atoms with van der Waals surface area (Å²) in [5.74, 6) is -4.48. The fourth-order valence-electron chi connectivity index (χ4n) is 1.72. The molecule has 1 aliphatic heterocycles. The molecule has 5 nitrogen and oxygen atoms in total. The summed E-state index contributed by atoms with van der Waals surface area (Å²) in [5.41, 5.74) is 0.558. The van der Waals surface area contributed by atoms with Gasteiger partial charge in [-0.15, -0.1) is 0 Å². The van der Waals surface area contributed by atoms with Gasteiger partial charge in [-0.2, -0.15) is 0 Å². The van der Waals surface area contributed by atoms with Gasteiger partial charge in [-0.05, 0) is 18.6 Å². The van der Waals surface area contributed by atoms with Gasteiger partial charge < -0.3 is 15.7 Å². The van der Waals surface area contributed by atoms with Crippen LogP contribution in [0.15, 0.2) is 23.3 Å². The van der Waals surface area contributed by atoms with E-state index in [1.807, 2.05) is 0 Å². The molecule has 1 saturated heterocycles. The molecule has 1 amide bonds. The van der Waals surface area contributed by atoms with E-state index in [9.17, 15) is 18.4 Å². The lowest BCUT2D eigenvalue weighted by molar-refractivity contribution is -0.112. The average molecular weight is 282 g/mol. The summed E-state index contributed by atoms with van der Waals surface area (Å²) < 4.78 is 26.2. The quantitative estimate of drug-likeness (QED) is 0.734. The second-order valence-corrected chi connectivity index (χ2v) is 4.40. The molecule has 1 fully saturated rings. The zero-order valence-electron chi connectivity index (χ0n) is 10.6. The minimum Gasteiger partial charge on any atom is -0.478 e. The molecule has 1 aromatic rings. The average Bonchev–Trinajstić information content (AvgIpc) is 2.30. The van der Waals surface area contributed by atoms with E-state index in [1.165, 1.54) is 0 Å². The first-order valence-electron chi connectivity index (χ1n) is 5.83. The van der Waals surface area contributed by atoms with Gasteiger partial charge in [-0.1, -0.05) is 0 Å². The minimum atomic E-state index is -1.45. The summed E-state index contributed by atoms with van der Waals surface area (Å²) in [6, 6.07) is 1.20. The number of halogens is 2. The van der Waals surface area contributed by atoms with Crippen molar-refractivity contribution in [2.24, 2.45) is 0 Å². The summed E-state index contributed by atoms with van der Waals surface area (Å²) in [6.07, 6.45) is 0. The lowest BCUT2D eigenvalue weighted by atomic mass is 10.0. The zero-order valence-corrected chi connectivity index (χ0v) is 10.6. The summed E-state index contributed by atoms with van der Waals surface area (Å²) in [4.78, 5) is 22.9. The molecule has 0 saturated carbocycles. The molecule has 0 aliphatic carbocycles. The first-order chi connectivity index (χ1) is 9.40. The van der Waals surface area contributed by atoms with Crippen LogP contribution in [0.2, 0.25) is 0 Å². The molecule has 0 bridgehead atoms. The van der Waals surface area contributed by atoms with Crippen LogP contribution in [0.3, 0.4) is 0 Å². The third-order valence-electron chi connectivity index (χ3n) is 3.09. The van der Waals surface area contributed by atoms with E-state index < -0.39 is 29.1 Å². The van der Waals surface area contributed by atoms with Crippen LogP contribution in [-0.2, 0) is 4.79 Å². The molecule has 0 spiro atoms. The number of carbonyl (C=O) groups excluding carboxylic acids is 1. The normalized spacial score (nSPS) is 13.7. The molecule has 1 aromatic carbocycles. The van der Waals surface area contributed by atoms with E-state index in [4.69, 9.17) is 5.11 Å².